The molecule has 3 aromatic carbocycles. The molecule has 3 nitrogen and oxygen atoms in total. The van der Waals surface area contributed by atoms with Crippen molar-refractivity contribution in [1.29, 1.82) is 0 Å². The molecule has 0 aliphatic rings. The molecule has 0 radical (unpaired) electrons. The third-order valence-corrected chi connectivity index (χ3v) is 3.67. The van der Waals surface area contributed by atoms with Crippen LogP contribution >= 0.6 is 0 Å². The van der Waals surface area contributed by atoms with Crippen molar-refractivity contribution in [2.45, 2.75) is 6.54 Å². The van der Waals surface area contributed by atoms with Crippen molar-refractivity contribution in [2.75, 3.05) is 0 Å². The van der Waals surface area contributed by atoms with Crippen LogP contribution in [0.15, 0.2) is 60.7 Å². The Labute approximate surface area is 122 Å². The third kappa shape index (κ3) is 2.28. The summed E-state index contributed by atoms with van der Waals surface area (Å²) in [6, 6.07) is 19.0. The summed E-state index contributed by atoms with van der Waals surface area (Å²) < 4.78 is 0. The topological polar surface area (TPSA) is 63.3 Å². The number of aromatic carboxylic acids is 1. The van der Waals surface area contributed by atoms with Crippen molar-refractivity contribution in [2.24, 2.45) is 5.73 Å². The lowest BCUT2D eigenvalue weighted by atomic mass is 9.90. The molecule has 3 rings (SSSR count). The highest BCUT2D eigenvalue weighted by atomic mass is 16.4. The van der Waals surface area contributed by atoms with Crippen LogP contribution in [0.4, 0.5) is 0 Å². The molecule has 0 aliphatic heterocycles. The SMILES string of the molecule is NCc1ccccc1-c1c(C(=O)O)ccc2ccccc12. The molecule has 3 N–H and O–H groups in total. The number of hydrogen-bond donors (Lipinski definition) is 2. The molecule has 0 saturated carbocycles. The zero-order valence-corrected chi connectivity index (χ0v) is 11.4. The predicted octanol–water partition coefficient (Wildman–Crippen LogP) is 3.66. The Balaban J connectivity index is 2.43. The van der Waals surface area contributed by atoms with Gasteiger partial charge in [-0.25, -0.2) is 4.79 Å². The second kappa shape index (κ2) is 5.38. The van der Waals surface area contributed by atoms with E-state index in [1.54, 1.807) is 6.07 Å². The van der Waals surface area contributed by atoms with Gasteiger partial charge >= 0.3 is 5.97 Å². The Morgan fingerprint density at radius 1 is 0.952 bits per heavy atom. The number of nitrogens with two attached hydrogens (primary N) is 1. The first-order valence-corrected chi connectivity index (χ1v) is 6.75. The number of fused-ring (bicyclic) bond motifs is 1. The molecule has 0 saturated heterocycles. The van der Waals surface area contributed by atoms with Gasteiger partial charge in [0.05, 0.1) is 5.56 Å². The molecule has 0 fully saturated rings. The first kappa shape index (κ1) is 13.3. The standard InChI is InChI=1S/C18H15NO2/c19-11-13-6-2-4-8-15(13)17-14-7-3-1-5-12(14)9-10-16(17)18(20)21/h1-10H,11,19H2,(H,20,21). The summed E-state index contributed by atoms with van der Waals surface area (Å²) in [6.07, 6.45) is 0. The smallest absolute Gasteiger partial charge is 0.336 e. The van der Waals surface area contributed by atoms with Crippen molar-refractivity contribution >= 4 is 16.7 Å². The average Bonchev–Trinajstić information content (AvgIpc) is 2.53. The highest BCUT2D eigenvalue weighted by molar-refractivity contribution is 6.08. The first-order chi connectivity index (χ1) is 10.2. The van der Waals surface area contributed by atoms with Crippen LogP contribution in [0, 0.1) is 0 Å². The molecule has 3 heteroatoms. The predicted molar refractivity (Wildman–Crippen MR) is 84.2 cm³/mol. The van der Waals surface area contributed by atoms with Gasteiger partial charge < -0.3 is 10.8 Å². The maximum Gasteiger partial charge on any atom is 0.336 e. The van der Waals surface area contributed by atoms with E-state index in [4.69, 9.17) is 5.73 Å². The van der Waals surface area contributed by atoms with Crippen LogP contribution in [-0.2, 0) is 6.54 Å². The van der Waals surface area contributed by atoms with Crippen molar-refractivity contribution in [3.8, 4) is 11.1 Å². The van der Waals surface area contributed by atoms with E-state index in [-0.39, 0.29) is 0 Å². The molecule has 21 heavy (non-hydrogen) atoms. The Kier molecular flexibility index (Phi) is 3.42. The van der Waals surface area contributed by atoms with Crippen LogP contribution in [0.5, 0.6) is 0 Å². The average molecular weight is 277 g/mol. The van der Waals surface area contributed by atoms with Gasteiger partial charge in [0, 0.05) is 12.1 Å². The van der Waals surface area contributed by atoms with E-state index in [0.29, 0.717) is 12.1 Å². The van der Waals surface area contributed by atoms with Gasteiger partial charge in [-0.15, -0.1) is 0 Å². The fourth-order valence-corrected chi connectivity index (χ4v) is 2.68. The van der Waals surface area contributed by atoms with E-state index < -0.39 is 5.97 Å². The van der Waals surface area contributed by atoms with E-state index in [2.05, 4.69) is 0 Å². The summed E-state index contributed by atoms with van der Waals surface area (Å²) in [7, 11) is 0. The quantitative estimate of drug-likeness (QED) is 0.768. The molecule has 104 valence electrons. The lowest BCUT2D eigenvalue weighted by molar-refractivity contribution is 0.0698. The van der Waals surface area contributed by atoms with Crippen LogP contribution in [0.3, 0.4) is 0 Å². The molecule has 0 aliphatic carbocycles. The number of rotatable bonds is 3. The van der Waals surface area contributed by atoms with Gasteiger partial charge in [0.15, 0.2) is 0 Å². The Hall–Kier alpha value is -2.65. The minimum absolute atomic E-state index is 0.301. The first-order valence-electron chi connectivity index (χ1n) is 6.75. The van der Waals surface area contributed by atoms with Crippen LogP contribution in [-0.4, -0.2) is 11.1 Å². The van der Waals surface area contributed by atoms with Gasteiger partial charge in [-0.05, 0) is 28.0 Å². The highest BCUT2D eigenvalue weighted by Crippen LogP contribution is 2.34. The van der Waals surface area contributed by atoms with Gasteiger partial charge in [0.25, 0.3) is 0 Å². The molecule has 0 aromatic heterocycles. The van der Waals surface area contributed by atoms with Crippen LogP contribution in [0.2, 0.25) is 0 Å². The molecule has 0 atom stereocenters. The normalized spacial score (nSPS) is 10.7. The number of carbonyl (C=O) groups is 1. The maximum absolute atomic E-state index is 11.6. The van der Waals surface area contributed by atoms with Gasteiger partial charge in [-0.1, -0.05) is 54.6 Å². The monoisotopic (exact) mass is 277 g/mol. The Bertz CT molecular complexity index is 824. The van der Waals surface area contributed by atoms with Gasteiger partial charge in [-0.2, -0.15) is 0 Å². The zero-order chi connectivity index (χ0) is 14.8. The Morgan fingerprint density at radius 3 is 2.43 bits per heavy atom. The number of benzene rings is 3. The fraction of sp³-hybridized carbons (Fsp3) is 0.0556. The van der Waals surface area contributed by atoms with E-state index >= 15 is 0 Å². The number of carboxylic acids is 1. The Morgan fingerprint density at radius 2 is 1.67 bits per heavy atom. The summed E-state index contributed by atoms with van der Waals surface area (Å²) >= 11 is 0. The van der Waals surface area contributed by atoms with Crippen LogP contribution in [0.25, 0.3) is 21.9 Å². The van der Waals surface area contributed by atoms with Crippen molar-refractivity contribution in [1.82, 2.24) is 0 Å². The maximum atomic E-state index is 11.6. The fourth-order valence-electron chi connectivity index (χ4n) is 2.68. The summed E-state index contributed by atoms with van der Waals surface area (Å²) in [5.41, 5.74) is 8.67. The van der Waals surface area contributed by atoms with Crippen LogP contribution < -0.4 is 5.73 Å². The number of hydrogen-bond acceptors (Lipinski definition) is 2. The van der Waals surface area contributed by atoms with Gasteiger partial charge in [0.1, 0.15) is 0 Å². The second-order valence-corrected chi connectivity index (χ2v) is 4.88. The van der Waals surface area contributed by atoms with Gasteiger partial charge in [-0.3, -0.25) is 0 Å². The van der Waals surface area contributed by atoms with Crippen molar-refractivity contribution in [3.05, 3.63) is 71.8 Å². The molecule has 3 aromatic rings. The summed E-state index contributed by atoms with van der Waals surface area (Å²) in [5.74, 6) is -0.928. The molecule has 0 amide bonds. The molecule has 0 unspecified atom stereocenters. The van der Waals surface area contributed by atoms with E-state index in [1.807, 2.05) is 54.6 Å². The minimum Gasteiger partial charge on any atom is -0.478 e. The van der Waals surface area contributed by atoms with Gasteiger partial charge in [0.2, 0.25) is 0 Å². The number of carboxylic acid groups (broad SMARTS) is 1. The van der Waals surface area contributed by atoms with Crippen molar-refractivity contribution < 1.29 is 9.90 Å². The summed E-state index contributed by atoms with van der Waals surface area (Å²) in [6.45, 7) is 0.373. The van der Waals surface area contributed by atoms with E-state index in [0.717, 1.165) is 27.5 Å². The van der Waals surface area contributed by atoms with E-state index in [9.17, 15) is 9.90 Å². The van der Waals surface area contributed by atoms with Crippen molar-refractivity contribution in [3.63, 3.8) is 0 Å². The molecule has 0 bridgehead atoms. The molecular formula is C18H15NO2. The van der Waals surface area contributed by atoms with E-state index in [1.165, 1.54) is 0 Å². The molecule has 0 spiro atoms. The summed E-state index contributed by atoms with van der Waals surface area (Å²) in [5, 5.41) is 11.5. The zero-order valence-electron chi connectivity index (χ0n) is 11.4. The second-order valence-electron chi connectivity index (χ2n) is 4.88. The largest absolute Gasteiger partial charge is 0.478 e. The minimum atomic E-state index is -0.928. The highest BCUT2D eigenvalue weighted by Gasteiger charge is 2.16. The molecule has 0 heterocycles. The molecular weight excluding hydrogens is 262 g/mol. The third-order valence-electron chi connectivity index (χ3n) is 3.67. The lowest BCUT2D eigenvalue weighted by Gasteiger charge is -2.14. The summed E-state index contributed by atoms with van der Waals surface area (Å²) in [4.78, 5) is 11.6. The lowest BCUT2D eigenvalue weighted by Crippen LogP contribution is -2.04. The van der Waals surface area contributed by atoms with Crippen LogP contribution in [0.1, 0.15) is 15.9 Å².